The van der Waals surface area contributed by atoms with Gasteiger partial charge in [-0.3, -0.25) is 0 Å². The van der Waals surface area contributed by atoms with Gasteiger partial charge in [0.15, 0.2) is 11.3 Å². The Labute approximate surface area is 114 Å². The van der Waals surface area contributed by atoms with E-state index in [1.54, 1.807) is 6.92 Å². The van der Waals surface area contributed by atoms with E-state index >= 15 is 0 Å². The topological polar surface area (TPSA) is 82.5 Å². The molecule has 0 fully saturated rings. The molecule has 1 heterocycles. The third-order valence-corrected chi connectivity index (χ3v) is 3.95. The summed E-state index contributed by atoms with van der Waals surface area (Å²) in [6.07, 6.45) is 1.84. The molecule has 1 N–H and O–H groups in total. The van der Waals surface area contributed by atoms with E-state index in [1.807, 2.05) is 11.5 Å². The predicted molar refractivity (Wildman–Crippen MR) is 70.2 cm³/mol. The van der Waals surface area contributed by atoms with Crippen molar-refractivity contribution in [1.29, 1.82) is 0 Å². The second kappa shape index (κ2) is 6.99. The summed E-state index contributed by atoms with van der Waals surface area (Å²) < 4.78 is 38.2. The summed E-state index contributed by atoms with van der Waals surface area (Å²) in [5, 5.41) is 0.0180. The van der Waals surface area contributed by atoms with Gasteiger partial charge in [-0.05, 0) is 13.3 Å². The zero-order chi connectivity index (χ0) is 14.5. The molecule has 0 aliphatic heterocycles. The van der Waals surface area contributed by atoms with Crippen molar-refractivity contribution in [2.24, 2.45) is 0 Å². The number of aromatic nitrogens is 2. The number of methoxy groups -OCH3 is 2. The zero-order valence-corrected chi connectivity index (χ0v) is 12.5. The smallest absolute Gasteiger partial charge is 0.259 e. The van der Waals surface area contributed by atoms with Crippen molar-refractivity contribution in [3.05, 3.63) is 12.0 Å². The van der Waals surface area contributed by atoms with Crippen LogP contribution in [0.3, 0.4) is 0 Å². The molecule has 0 aromatic carbocycles. The van der Waals surface area contributed by atoms with Crippen molar-refractivity contribution in [3.63, 3.8) is 0 Å². The Bertz CT molecular complexity index is 494. The highest BCUT2D eigenvalue weighted by molar-refractivity contribution is 7.89. The van der Waals surface area contributed by atoms with E-state index in [4.69, 9.17) is 9.47 Å². The molecule has 0 amide bonds. The fourth-order valence-corrected chi connectivity index (χ4v) is 2.61. The molecule has 0 saturated carbocycles. The summed E-state index contributed by atoms with van der Waals surface area (Å²) in [6.45, 7) is 4.58. The maximum atomic E-state index is 12.0. The highest BCUT2D eigenvalue weighted by Gasteiger charge is 2.20. The molecule has 0 aliphatic rings. The van der Waals surface area contributed by atoms with Crippen molar-refractivity contribution in [1.82, 2.24) is 14.3 Å². The molecular formula is C11H21N3O4S. The first-order valence-electron chi connectivity index (χ1n) is 6.03. The van der Waals surface area contributed by atoms with Crippen LogP contribution in [0.1, 0.15) is 19.2 Å². The van der Waals surface area contributed by atoms with Crippen LogP contribution in [0.2, 0.25) is 0 Å². The number of rotatable bonds is 8. The number of ether oxygens (including phenoxy) is 2. The Kier molecular flexibility index (Phi) is 5.92. The Morgan fingerprint density at radius 2 is 2.05 bits per heavy atom. The summed E-state index contributed by atoms with van der Waals surface area (Å²) in [6, 6.07) is 0. The number of hydrogen-bond donors (Lipinski definition) is 1. The summed E-state index contributed by atoms with van der Waals surface area (Å²) in [7, 11) is -0.743. The summed E-state index contributed by atoms with van der Waals surface area (Å²) >= 11 is 0. The first-order valence-corrected chi connectivity index (χ1v) is 7.52. The molecule has 0 aliphatic carbocycles. The minimum atomic E-state index is -3.64. The largest absolute Gasteiger partial charge is 0.355 e. The molecule has 0 bridgehead atoms. The van der Waals surface area contributed by atoms with Gasteiger partial charge in [-0.15, -0.1) is 0 Å². The normalized spacial score (nSPS) is 12.3. The van der Waals surface area contributed by atoms with Gasteiger partial charge in [0.1, 0.15) is 5.82 Å². The molecule has 8 heteroatoms. The molecular weight excluding hydrogens is 270 g/mol. The van der Waals surface area contributed by atoms with E-state index < -0.39 is 16.3 Å². The number of aryl methyl sites for hydroxylation is 2. The number of imidazole rings is 1. The Morgan fingerprint density at radius 3 is 2.58 bits per heavy atom. The van der Waals surface area contributed by atoms with Crippen LogP contribution in [0, 0.1) is 6.92 Å². The number of hydrogen-bond acceptors (Lipinski definition) is 5. The van der Waals surface area contributed by atoms with Gasteiger partial charge in [-0.1, -0.05) is 6.92 Å². The molecule has 1 aromatic heterocycles. The number of sulfonamides is 1. The van der Waals surface area contributed by atoms with Crippen LogP contribution in [0.4, 0.5) is 0 Å². The quantitative estimate of drug-likeness (QED) is 0.705. The molecule has 0 saturated heterocycles. The molecule has 19 heavy (non-hydrogen) atoms. The highest BCUT2D eigenvalue weighted by Crippen LogP contribution is 2.09. The fourth-order valence-electron chi connectivity index (χ4n) is 1.59. The standard InChI is InChI=1S/C11H21N3O4S/c1-5-6-14-8-10(13-9(14)2)19(15,16)12-7-11(17-3)18-4/h8,11-12H,5-7H2,1-4H3. The van der Waals surface area contributed by atoms with E-state index in [1.165, 1.54) is 20.4 Å². The average molecular weight is 291 g/mol. The second-order valence-corrected chi connectivity index (χ2v) is 5.79. The Balaban J connectivity index is 2.79. The molecule has 1 aromatic rings. The van der Waals surface area contributed by atoms with E-state index in [0.29, 0.717) is 5.82 Å². The van der Waals surface area contributed by atoms with E-state index in [9.17, 15) is 8.42 Å². The lowest BCUT2D eigenvalue weighted by Gasteiger charge is -2.13. The monoisotopic (exact) mass is 291 g/mol. The molecule has 110 valence electrons. The van der Waals surface area contributed by atoms with Crippen molar-refractivity contribution in [3.8, 4) is 0 Å². The van der Waals surface area contributed by atoms with Gasteiger partial charge in [-0.2, -0.15) is 0 Å². The average Bonchev–Trinajstić information content (AvgIpc) is 2.74. The van der Waals surface area contributed by atoms with E-state index in [2.05, 4.69) is 9.71 Å². The third kappa shape index (κ3) is 4.27. The van der Waals surface area contributed by atoms with Crippen molar-refractivity contribution >= 4 is 10.0 Å². The molecule has 7 nitrogen and oxygen atoms in total. The minimum absolute atomic E-state index is 0.0180. The molecule has 0 spiro atoms. The van der Waals surface area contributed by atoms with E-state index in [0.717, 1.165) is 13.0 Å². The fraction of sp³-hybridized carbons (Fsp3) is 0.727. The van der Waals surface area contributed by atoms with Gasteiger partial charge in [0.25, 0.3) is 10.0 Å². The Morgan fingerprint density at radius 1 is 1.42 bits per heavy atom. The minimum Gasteiger partial charge on any atom is -0.355 e. The van der Waals surface area contributed by atoms with Crippen molar-refractivity contribution in [2.75, 3.05) is 20.8 Å². The van der Waals surface area contributed by atoms with Gasteiger partial charge >= 0.3 is 0 Å². The molecule has 0 atom stereocenters. The van der Waals surface area contributed by atoms with Crippen LogP contribution >= 0.6 is 0 Å². The zero-order valence-electron chi connectivity index (χ0n) is 11.7. The van der Waals surface area contributed by atoms with Crippen LogP contribution in [0.25, 0.3) is 0 Å². The third-order valence-electron chi connectivity index (χ3n) is 2.66. The van der Waals surface area contributed by atoms with Crippen LogP contribution < -0.4 is 4.72 Å². The highest BCUT2D eigenvalue weighted by atomic mass is 32.2. The summed E-state index contributed by atoms with van der Waals surface area (Å²) in [5.41, 5.74) is 0. The lowest BCUT2D eigenvalue weighted by molar-refractivity contribution is -0.0960. The second-order valence-electron chi connectivity index (χ2n) is 4.07. The first-order chi connectivity index (χ1) is 8.94. The lowest BCUT2D eigenvalue weighted by atomic mass is 10.5. The number of nitrogens with one attached hydrogen (secondary N) is 1. The predicted octanol–water partition coefficient (Wildman–Crippen LogP) is 0.499. The SMILES string of the molecule is CCCn1cc(S(=O)(=O)NCC(OC)OC)nc1C. The molecule has 0 unspecified atom stereocenters. The molecule has 0 radical (unpaired) electrons. The summed E-state index contributed by atoms with van der Waals surface area (Å²) in [5.74, 6) is 0.678. The van der Waals surface area contributed by atoms with Gasteiger partial charge in [0, 0.05) is 27.0 Å². The number of nitrogens with zero attached hydrogens (tertiary/aromatic N) is 2. The first kappa shape index (κ1) is 16.1. The van der Waals surface area contributed by atoms with Crippen LogP contribution in [0.5, 0.6) is 0 Å². The van der Waals surface area contributed by atoms with E-state index in [-0.39, 0.29) is 11.6 Å². The lowest BCUT2D eigenvalue weighted by Crippen LogP contribution is -2.34. The molecule has 1 rings (SSSR count). The van der Waals surface area contributed by atoms with Crippen LogP contribution in [-0.4, -0.2) is 45.0 Å². The van der Waals surface area contributed by atoms with Crippen molar-refractivity contribution in [2.45, 2.75) is 38.1 Å². The van der Waals surface area contributed by atoms with Gasteiger partial charge in [0.05, 0.1) is 6.54 Å². The van der Waals surface area contributed by atoms with Crippen LogP contribution in [0.15, 0.2) is 11.2 Å². The van der Waals surface area contributed by atoms with Gasteiger partial charge in [-0.25, -0.2) is 18.1 Å². The Hall–Kier alpha value is -0.960. The van der Waals surface area contributed by atoms with Crippen LogP contribution in [-0.2, 0) is 26.0 Å². The summed E-state index contributed by atoms with van der Waals surface area (Å²) in [4.78, 5) is 4.06. The van der Waals surface area contributed by atoms with Gasteiger partial charge in [0.2, 0.25) is 0 Å². The van der Waals surface area contributed by atoms with Crippen molar-refractivity contribution < 1.29 is 17.9 Å². The maximum Gasteiger partial charge on any atom is 0.259 e. The maximum absolute atomic E-state index is 12.0. The van der Waals surface area contributed by atoms with Gasteiger partial charge < -0.3 is 14.0 Å².